The normalized spacial score (nSPS) is 12.4. The van der Waals surface area contributed by atoms with Crippen LogP contribution in [0.5, 0.6) is 0 Å². The van der Waals surface area contributed by atoms with Gasteiger partial charge in [-0.25, -0.2) is 0 Å². The SMILES string of the molecule is CNCc1ccc(N(C)C(C)Cc2cccs2)cc1. The molecule has 102 valence electrons. The molecule has 1 N–H and O–H groups in total. The summed E-state index contributed by atoms with van der Waals surface area (Å²) in [6.45, 7) is 3.20. The second-order valence-electron chi connectivity index (χ2n) is 4.94. The highest BCUT2D eigenvalue weighted by Crippen LogP contribution is 2.20. The van der Waals surface area contributed by atoms with Gasteiger partial charge < -0.3 is 10.2 Å². The van der Waals surface area contributed by atoms with Gasteiger partial charge in [0.25, 0.3) is 0 Å². The van der Waals surface area contributed by atoms with Crippen molar-refractivity contribution in [3.05, 3.63) is 52.2 Å². The first kappa shape index (κ1) is 14.1. The molecule has 1 heterocycles. The lowest BCUT2D eigenvalue weighted by Crippen LogP contribution is -2.30. The van der Waals surface area contributed by atoms with Gasteiger partial charge in [-0.2, -0.15) is 0 Å². The molecule has 1 unspecified atom stereocenters. The van der Waals surface area contributed by atoms with E-state index in [1.807, 2.05) is 18.4 Å². The molecule has 0 bridgehead atoms. The first-order valence-electron chi connectivity index (χ1n) is 6.69. The standard InChI is InChI=1S/C16H22N2S/c1-13(11-16-5-4-10-19-16)18(3)15-8-6-14(7-9-15)12-17-2/h4-10,13,17H,11-12H2,1-3H3. The van der Waals surface area contributed by atoms with Crippen molar-refractivity contribution < 1.29 is 0 Å². The minimum atomic E-state index is 0.508. The lowest BCUT2D eigenvalue weighted by Gasteiger charge is -2.27. The van der Waals surface area contributed by atoms with Crippen LogP contribution in [0, 0.1) is 0 Å². The summed E-state index contributed by atoms with van der Waals surface area (Å²) in [7, 11) is 4.15. The molecule has 0 aliphatic heterocycles. The number of likely N-dealkylation sites (N-methyl/N-ethyl adjacent to an activating group) is 1. The van der Waals surface area contributed by atoms with Gasteiger partial charge in [-0.3, -0.25) is 0 Å². The molecule has 2 aromatic rings. The fraction of sp³-hybridized carbons (Fsp3) is 0.375. The van der Waals surface area contributed by atoms with Crippen LogP contribution in [0.25, 0.3) is 0 Å². The van der Waals surface area contributed by atoms with E-state index in [-0.39, 0.29) is 0 Å². The zero-order chi connectivity index (χ0) is 13.7. The fourth-order valence-corrected chi connectivity index (χ4v) is 2.99. The van der Waals surface area contributed by atoms with Crippen molar-refractivity contribution in [1.29, 1.82) is 0 Å². The van der Waals surface area contributed by atoms with Crippen molar-refractivity contribution in [3.63, 3.8) is 0 Å². The number of benzene rings is 1. The van der Waals surface area contributed by atoms with Crippen LogP contribution in [-0.2, 0) is 13.0 Å². The minimum absolute atomic E-state index is 0.508. The van der Waals surface area contributed by atoms with E-state index < -0.39 is 0 Å². The van der Waals surface area contributed by atoms with Crippen LogP contribution >= 0.6 is 11.3 Å². The number of hydrogen-bond donors (Lipinski definition) is 1. The molecule has 0 saturated carbocycles. The first-order valence-corrected chi connectivity index (χ1v) is 7.57. The van der Waals surface area contributed by atoms with Crippen LogP contribution < -0.4 is 10.2 Å². The lowest BCUT2D eigenvalue weighted by atomic mass is 10.1. The third-order valence-electron chi connectivity index (χ3n) is 3.46. The Balaban J connectivity index is 1.99. The average Bonchev–Trinajstić information content (AvgIpc) is 2.92. The Kier molecular flexibility index (Phi) is 5.00. The molecular weight excluding hydrogens is 252 g/mol. The number of rotatable bonds is 6. The lowest BCUT2D eigenvalue weighted by molar-refractivity contribution is 0.688. The number of nitrogens with zero attached hydrogens (tertiary/aromatic N) is 1. The van der Waals surface area contributed by atoms with Crippen molar-refractivity contribution in [1.82, 2.24) is 5.32 Å². The summed E-state index contributed by atoms with van der Waals surface area (Å²) in [5.41, 5.74) is 2.61. The van der Waals surface area contributed by atoms with E-state index >= 15 is 0 Å². The van der Waals surface area contributed by atoms with Crippen LogP contribution in [-0.4, -0.2) is 20.1 Å². The number of nitrogens with one attached hydrogen (secondary N) is 1. The van der Waals surface area contributed by atoms with Crippen molar-refractivity contribution in [2.24, 2.45) is 0 Å². The number of anilines is 1. The highest BCUT2D eigenvalue weighted by atomic mass is 32.1. The Morgan fingerprint density at radius 2 is 1.95 bits per heavy atom. The van der Waals surface area contributed by atoms with Crippen LogP contribution in [0.1, 0.15) is 17.4 Å². The van der Waals surface area contributed by atoms with Gasteiger partial charge in [0.2, 0.25) is 0 Å². The third kappa shape index (κ3) is 3.82. The largest absolute Gasteiger partial charge is 0.372 e. The van der Waals surface area contributed by atoms with Crippen LogP contribution in [0.15, 0.2) is 41.8 Å². The minimum Gasteiger partial charge on any atom is -0.372 e. The molecule has 0 radical (unpaired) electrons. The molecule has 2 nitrogen and oxygen atoms in total. The average molecular weight is 274 g/mol. The number of thiophene rings is 1. The molecule has 3 heteroatoms. The van der Waals surface area contributed by atoms with Gasteiger partial charge in [0.1, 0.15) is 0 Å². The highest BCUT2D eigenvalue weighted by Gasteiger charge is 2.11. The molecule has 0 saturated heterocycles. The maximum Gasteiger partial charge on any atom is 0.0366 e. The van der Waals surface area contributed by atoms with E-state index in [9.17, 15) is 0 Å². The van der Waals surface area contributed by atoms with Crippen LogP contribution in [0.4, 0.5) is 5.69 Å². The summed E-state index contributed by atoms with van der Waals surface area (Å²) in [5, 5.41) is 5.32. The molecule has 0 fully saturated rings. The van der Waals surface area contributed by atoms with Crippen molar-refractivity contribution in [3.8, 4) is 0 Å². The Morgan fingerprint density at radius 3 is 2.53 bits per heavy atom. The summed E-state index contributed by atoms with van der Waals surface area (Å²) in [5.74, 6) is 0. The molecule has 0 aliphatic rings. The predicted molar refractivity (Wildman–Crippen MR) is 85.1 cm³/mol. The third-order valence-corrected chi connectivity index (χ3v) is 4.36. The molecular formula is C16H22N2S. The smallest absolute Gasteiger partial charge is 0.0366 e. The maximum atomic E-state index is 3.17. The zero-order valence-corrected chi connectivity index (χ0v) is 12.7. The monoisotopic (exact) mass is 274 g/mol. The Labute approximate surface area is 120 Å². The van der Waals surface area contributed by atoms with Gasteiger partial charge in [-0.05, 0) is 43.1 Å². The first-order chi connectivity index (χ1) is 9.20. The molecule has 19 heavy (non-hydrogen) atoms. The second-order valence-corrected chi connectivity index (χ2v) is 5.97. The molecule has 0 amide bonds. The fourth-order valence-electron chi connectivity index (χ4n) is 2.16. The summed E-state index contributed by atoms with van der Waals surface area (Å²) < 4.78 is 0. The molecule has 1 atom stereocenters. The van der Waals surface area contributed by atoms with Crippen LogP contribution in [0.3, 0.4) is 0 Å². The van der Waals surface area contributed by atoms with E-state index in [2.05, 4.69) is 66.0 Å². The van der Waals surface area contributed by atoms with Crippen molar-refractivity contribution >= 4 is 17.0 Å². The maximum absolute atomic E-state index is 3.17. The summed E-state index contributed by atoms with van der Waals surface area (Å²) in [4.78, 5) is 3.80. The quantitative estimate of drug-likeness (QED) is 0.867. The van der Waals surface area contributed by atoms with Crippen molar-refractivity contribution in [2.75, 3.05) is 19.0 Å². The number of hydrogen-bond acceptors (Lipinski definition) is 3. The molecule has 2 rings (SSSR count). The van der Waals surface area contributed by atoms with Gasteiger partial charge in [0.15, 0.2) is 0 Å². The van der Waals surface area contributed by atoms with E-state index in [1.54, 1.807) is 0 Å². The van der Waals surface area contributed by atoms with E-state index in [0.717, 1.165) is 13.0 Å². The van der Waals surface area contributed by atoms with E-state index in [1.165, 1.54) is 16.1 Å². The van der Waals surface area contributed by atoms with Crippen LogP contribution in [0.2, 0.25) is 0 Å². The molecule has 0 aliphatic carbocycles. The van der Waals surface area contributed by atoms with Gasteiger partial charge in [0.05, 0.1) is 0 Å². The van der Waals surface area contributed by atoms with Crippen molar-refractivity contribution in [2.45, 2.75) is 25.9 Å². The van der Waals surface area contributed by atoms with E-state index in [0.29, 0.717) is 6.04 Å². The predicted octanol–water partition coefficient (Wildman–Crippen LogP) is 3.53. The van der Waals surface area contributed by atoms with E-state index in [4.69, 9.17) is 0 Å². The molecule has 1 aromatic heterocycles. The summed E-state index contributed by atoms with van der Waals surface area (Å²) >= 11 is 1.84. The Hall–Kier alpha value is -1.32. The van der Waals surface area contributed by atoms with Gasteiger partial charge >= 0.3 is 0 Å². The topological polar surface area (TPSA) is 15.3 Å². The summed E-state index contributed by atoms with van der Waals surface area (Å²) in [6, 6.07) is 13.6. The second kappa shape index (κ2) is 6.73. The molecule has 0 spiro atoms. The Morgan fingerprint density at radius 1 is 1.21 bits per heavy atom. The Bertz CT molecular complexity index is 476. The van der Waals surface area contributed by atoms with Gasteiger partial charge in [-0.1, -0.05) is 18.2 Å². The molecule has 1 aromatic carbocycles. The zero-order valence-electron chi connectivity index (χ0n) is 11.9. The summed E-state index contributed by atoms with van der Waals surface area (Å²) in [6.07, 6.45) is 1.10. The van der Waals surface area contributed by atoms with Gasteiger partial charge in [0, 0.05) is 36.6 Å². The highest BCUT2D eigenvalue weighted by molar-refractivity contribution is 7.09. The van der Waals surface area contributed by atoms with Gasteiger partial charge in [-0.15, -0.1) is 11.3 Å².